The summed E-state index contributed by atoms with van der Waals surface area (Å²) in [6.45, 7) is 7.72. The summed E-state index contributed by atoms with van der Waals surface area (Å²) in [5, 5.41) is 7.82. The van der Waals surface area contributed by atoms with Gasteiger partial charge < -0.3 is 15.4 Å². The molecule has 3 heterocycles. The van der Waals surface area contributed by atoms with Gasteiger partial charge in [-0.1, -0.05) is 0 Å². The van der Waals surface area contributed by atoms with Crippen LogP contribution in [0.15, 0.2) is 18.6 Å². The normalized spacial score (nSPS) is 16.3. The Balaban J connectivity index is 1.75. The predicted molar refractivity (Wildman–Crippen MR) is 92.6 cm³/mol. The molecule has 24 heavy (non-hydrogen) atoms. The first-order chi connectivity index (χ1) is 11.4. The highest BCUT2D eigenvalue weighted by Crippen LogP contribution is 2.23. The van der Waals surface area contributed by atoms with E-state index < -0.39 is 5.41 Å². The predicted octanol–water partition coefficient (Wildman–Crippen LogP) is 2.14. The van der Waals surface area contributed by atoms with Crippen LogP contribution in [0, 0.1) is 5.41 Å². The Morgan fingerprint density at radius 3 is 2.83 bits per heavy atom. The van der Waals surface area contributed by atoms with Crippen molar-refractivity contribution >= 4 is 22.8 Å². The topological polar surface area (TPSA) is 81.1 Å². The zero-order chi connectivity index (χ0) is 17.2. The summed E-state index contributed by atoms with van der Waals surface area (Å²) in [4.78, 5) is 20.7. The van der Waals surface area contributed by atoms with Gasteiger partial charge in [0.15, 0.2) is 6.73 Å². The molecular formula is C17H25N5O2. The fraction of sp³-hybridized carbons (Fsp3) is 0.588. The van der Waals surface area contributed by atoms with Crippen molar-refractivity contribution in [1.29, 1.82) is 0 Å². The lowest BCUT2D eigenvalue weighted by Crippen LogP contribution is -2.35. The molecule has 0 amide bonds. The van der Waals surface area contributed by atoms with Gasteiger partial charge in [0.25, 0.3) is 0 Å². The number of rotatable bonds is 4. The van der Waals surface area contributed by atoms with Crippen LogP contribution < -0.4 is 10.6 Å². The van der Waals surface area contributed by atoms with E-state index in [0.29, 0.717) is 6.04 Å². The van der Waals surface area contributed by atoms with E-state index >= 15 is 0 Å². The van der Waals surface area contributed by atoms with Crippen molar-refractivity contribution < 1.29 is 9.53 Å². The van der Waals surface area contributed by atoms with Crippen molar-refractivity contribution in [3.05, 3.63) is 18.6 Å². The fourth-order valence-corrected chi connectivity index (χ4v) is 2.73. The molecule has 1 fully saturated rings. The van der Waals surface area contributed by atoms with Gasteiger partial charge in [-0.25, -0.2) is 9.97 Å². The van der Waals surface area contributed by atoms with Crippen molar-refractivity contribution in [3.63, 3.8) is 0 Å². The molecule has 7 nitrogen and oxygen atoms in total. The second kappa shape index (κ2) is 6.76. The van der Waals surface area contributed by atoms with Crippen molar-refractivity contribution in [1.82, 2.24) is 19.9 Å². The van der Waals surface area contributed by atoms with Gasteiger partial charge in [-0.15, -0.1) is 0 Å². The van der Waals surface area contributed by atoms with Crippen LogP contribution in [0.4, 0.5) is 5.82 Å². The summed E-state index contributed by atoms with van der Waals surface area (Å²) in [6.07, 6.45) is 5.58. The number of aromatic nitrogens is 3. The molecule has 0 radical (unpaired) electrons. The number of ether oxygens (including phenoxy) is 1. The quantitative estimate of drug-likeness (QED) is 0.836. The lowest BCUT2D eigenvalue weighted by Gasteiger charge is -2.24. The molecule has 0 spiro atoms. The van der Waals surface area contributed by atoms with E-state index in [1.807, 2.05) is 37.6 Å². The van der Waals surface area contributed by atoms with Crippen molar-refractivity contribution in [2.45, 2.75) is 46.4 Å². The summed E-state index contributed by atoms with van der Waals surface area (Å²) in [6, 6.07) is 2.38. The van der Waals surface area contributed by atoms with Gasteiger partial charge in [0, 0.05) is 12.2 Å². The van der Waals surface area contributed by atoms with E-state index in [1.165, 1.54) is 0 Å². The maximum atomic E-state index is 11.9. The first-order valence-electron chi connectivity index (χ1n) is 8.39. The van der Waals surface area contributed by atoms with Gasteiger partial charge in [-0.3, -0.25) is 9.36 Å². The van der Waals surface area contributed by atoms with Crippen molar-refractivity contribution in [2.24, 2.45) is 5.41 Å². The minimum Gasteiger partial charge on any atom is -0.443 e. The lowest BCUT2D eigenvalue weighted by molar-refractivity contribution is -0.156. The van der Waals surface area contributed by atoms with E-state index in [-0.39, 0.29) is 12.7 Å². The largest absolute Gasteiger partial charge is 0.443 e. The number of nitrogens with zero attached hydrogens (tertiary/aromatic N) is 3. The van der Waals surface area contributed by atoms with Crippen molar-refractivity contribution in [3.8, 4) is 0 Å². The molecule has 2 N–H and O–H groups in total. The molecule has 0 saturated carbocycles. The number of nitrogens with one attached hydrogen (secondary N) is 2. The standard InChI is InChI=1S/C17H25N5O2/c1-17(2,3)16(23)24-11-22-9-6-13-14(19-10-20-15(13)22)21-12-4-7-18-8-5-12/h6,9-10,12,18H,4-5,7-8,11H2,1-3H3,(H,19,20,21). The third kappa shape index (κ3) is 3.67. The number of fused-ring (bicyclic) bond motifs is 1. The van der Waals surface area contributed by atoms with Crippen LogP contribution >= 0.6 is 0 Å². The molecule has 0 bridgehead atoms. The Kier molecular flexibility index (Phi) is 4.71. The average Bonchev–Trinajstić information content (AvgIpc) is 2.97. The van der Waals surface area contributed by atoms with E-state index in [9.17, 15) is 4.79 Å². The Bertz CT molecular complexity index is 713. The average molecular weight is 331 g/mol. The lowest BCUT2D eigenvalue weighted by atomic mass is 9.98. The third-order valence-electron chi connectivity index (χ3n) is 4.18. The Labute approximate surface area is 141 Å². The summed E-state index contributed by atoms with van der Waals surface area (Å²) < 4.78 is 7.21. The molecule has 1 aliphatic heterocycles. The number of esters is 1. The molecule has 0 unspecified atom stereocenters. The SMILES string of the molecule is CC(C)(C)C(=O)OCn1ccc2c(NC3CCNCC3)ncnc21. The molecule has 7 heteroatoms. The van der Waals surface area contributed by atoms with Crippen LogP contribution in [0.1, 0.15) is 33.6 Å². The molecule has 0 aliphatic carbocycles. The van der Waals surface area contributed by atoms with Crippen LogP contribution in [0.5, 0.6) is 0 Å². The molecular weight excluding hydrogens is 306 g/mol. The van der Waals surface area contributed by atoms with E-state index in [4.69, 9.17) is 4.74 Å². The second-order valence-corrected chi connectivity index (χ2v) is 7.22. The van der Waals surface area contributed by atoms with Crippen LogP contribution in [0.3, 0.4) is 0 Å². The first kappa shape index (κ1) is 16.7. The minimum absolute atomic E-state index is 0.156. The maximum Gasteiger partial charge on any atom is 0.312 e. The zero-order valence-electron chi connectivity index (χ0n) is 14.5. The summed E-state index contributed by atoms with van der Waals surface area (Å²) in [5.41, 5.74) is 0.253. The molecule has 2 aromatic rings. The molecule has 2 aromatic heterocycles. The summed E-state index contributed by atoms with van der Waals surface area (Å²) in [5.74, 6) is 0.610. The Hall–Kier alpha value is -2.15. The van der Waals surface area contributed by atoms with Gasteiger partial charge >= 0.3 is 5.97 Å². The van der Waals surface area contributed by atoms with Crippen LogP contribution in [-0.2, 0) is 16.3 Å². The maximum absolute atomic E-state index is 11.9. The molecule has 1 aliphatic rings. The summed E-state index contributed by atoms with van der Waals surface area (Å²) in [7, 11) is 0. The number of anilines is 1. The van der Waals surface area contributed by atoms with Gasteiger partial charge in [0.2, 0.25) is 0 Å². The Morgan fingerprint density at radius 2 is 2.12 bits per heavy atom. The first-order valence-corrected chi connectivity index (χ1v) is 8.39. The van der Waals surface area contributed by atoms with Gasteiger partial charge in [0.1, 0.15) is 17.8 Å². The van der Waals surface area contributed by atoms with Gasteiger partial charge in [-0.2, -0.15) is 0 Å². The fourth-order valence-electron chi connectivity index (χ4n) is 2.73. The van der Waals surface area contributed by atoms with E-state index in [0.717, 1.165) is 42.8 Å². The van der Waals surface area contributed by atoms with Crippen LogP contribution in [0.25, 0.3) is 11.0 Å². The molecule has 0 aromatic carbocycles. The number of piperidine rings is 1. The second-order valence-electron chi connectivity index (χ2n) is 7.22. The van der Waals surface area contributed by atoms with Crippen LogP contribution in [-0.4, -0.2) is 39.6 Å². The Morgan fingerprint density at radius 1 is 1.38 bits per heavy atom. The zero-order valence-corrected chi connectivity index (χ0v) is 14.5. The monoisotopic (exact) mass is 331 g/mol. The highest BCUT2D eigenvalue weighted by Gasteiger charge is 2.23. The number of hydrogen-bond acceptors (Lipinski definition) is 6. The third-order valence-corrected chi connectivity index (χ3v) is 4.18. The molecule has 1 saturated heterocycles. The number of carbonyl (C=O) groups excluding carboxylic acids is 1. The van der Waals surface area contributed by atoms with E-state index in [2.05, 4.69) is 20.6 Å². The van der Waals surface area contributed by atoms with Gasteiger partial charge in [0.05, 0.1) is 10.8 Å². The van der Waals surface area contributed by atoms with Crippen LogP contribution in [0.2, 0.25) is 0 Å². The smallest absolute Gasteiger partial charge is 0.312 e. The van der Waals surface area contributed by atoms with Crippen molar-refractivity contribution in [2.75, 3.05) is 18.4 Å². The molecule has 0 atom stereocenters. The summed E-state index contributed by atoms with van der Waals surface area (Å²) >= 11 is 0. The number of carbonyl (C=O) groups is 1. The minimum atomic E-state index is -0.514. The van der Waals surface area contributed by atoms with Gasteiger partial charge in [-0.05, 0) is 52.8 Å². The highest BCUT2D eigenvalue weighted by molar-refractivity contribution is 5.87. The van der Waals surface area contributed by atoms with E-state index in [1.54, 1.807) is 6.33 Å². The molecule has 130 valence electrons. The molecule has 3 rings (SSSR count). The number of hydrogen-bond donors (Lipinski definition) is 2. The highest BCUT2D eigenvalue weighted by atomic mass is 16.5.